The number of rotatable bonds is 13. The highest BCUT2D eigenvalue weighted by atomic mass is 32.3. The molecule has 0 unspecified atom stereocenters. The normalized spacial score (nSPS) is 11.5. The van der Waals surface area contributed by atoms with Crippen LogP contribution in [-0.2, 0) is 14.6 Å². The fourth-order valence-corrected chi connectivity index (χ4v) is 1.68. The van der Waals surface area contributed by atoms with Crippen molar-refractivity contribution in [3.63, 3.8) is 0 Å². The second-order valence-corrected chi connectivity index (χ2v) is 6.22. The molecule has 0 aliphatic carbocycles. The van der Waals surface area contributed by atoms with Gasteiger partial charge in [0.05, 0.1) is 33.9 Å². The average Bonchev–Trinajstić information content (AvgIpc) is 2.49. The fraction of sp³-hybridized carbons (Fsp3) is 0.714. The zero-order valence-electron chi connectivity index (χ0n) is 14.2. The lowest BCUT2D eigenvalue weighted by molar-refractivity contribution is -0.907. The van der Waals surface area contributed by atoms with Crippen molar-refractivity contribution in [1.29, 1.82) is 0 Å². The molecule has 0 aromatic carbocycles. The lowest BCUT2D eigenvalue weighted by Crippen LogP contribution is -2.52. The predicted octanol–water partition coefficient (Wildman–Crippen LogP) is -0.930. The molecule has 3 N–H and O–H groups in total. The zero-order chi connectivity index (χ0) is 18.2. The van der Waals surface area contributed by atoms with Crippen LogP contribution in [0.15, 0.2) is 25.3 Å². The Hall–Kier alpha value is -0.810. The van der Waals surface area contributed by atoms with Gasteiger partial charge in [-0.2, -0.15) is 0 Å². The zero-order valence-corrected chi connectivity index (χ0v) is 15.0. The molecule has 0 saturated carbocycles. The molecule has 138 valence electrons. The number of hydrogen-bond donors (Lipinski definition) is 3. The Balaban J connectivity index is 0. The van der Waals surface area contributed by atoms with Gasteiger partial charge >= 0.3 is 0 Å². The third kappa shape index (κ3) is 19.1. The van der Waals surface area contributed by atoms with Crippen molar-refractivity contribution >= 4 is 10.4 Å². The minimum absolute atomic E-state index is 0.236. The SMILES string of the molecule is C=CCNCC[N+](C)(CCO)CCNCC=C.COS(=O)(=O)[O-]. The first-order chi connectivity index (χ1) is 10.7. The van der Waals surface area contributed by atoms with E-state index < -0.39 is 10.4 Å². The van der Waals surface area contributed by atoms with Crippen LogP contribution in [0, 0.1) is 0 Å². The topological polar surface area (TPSA) is 111 Å². The van der Waals surface area contributed by atoms with Gasteiger partial charge in [-0.25, -0.2) is 8.42 Å². The Morgan fingerprint density at radius 3 is 1.78 bits per heavy atom. The largest absolute Gasteiger partial charge is 0.726 e. The summed E-state index contributed by atoms with van der Waals surface area (Å²) in [5.41, 5.74) is 0. The molecule has 0 rings (SSSR count). The van der Waals surface area contributed by atoms with E-state index in [2.05, 4.69) is 35.0 Å². The van der Waals surface area contributed by atoms with Crippen molar-refractivity contribution < 1.29 is 26.7 Å². The van der Waals surface area contributed by atoms with Crippen LogP contribution >= 0.6 is 0 Å². The van der Waals surface area contributed by atoms with Gasteiger partial charge in [-0.1, -0.05) is 12.2 Å². The first kappa shape index (κ1) is 24.4. The molecule has 0 fully saturated rings. The van der Waals surface area contributed by atoms with E-state index >= 15 is 0 Å². The smallest absolute Gasteiger partial charge is 0.217 e. The Labute approximate surface area is 140 Å². The van der Waals surface area contributed by atoms with E-state index in [-0.39, 0.29) is 6.61 Å². The maximum absolute atomic E-state index is 9.22. The van der Waals surface area contributed by atoms with Gasteiger partial charge in [0, 0.05) is 26.2 Å². The maximum Gasteiger partial charge on any atom is 0.217 e. The lowest BCUT2D eigenvalue weighted by Gasteiger charge is -2.34. The third-order valence-electron chi connectivity index (χ3n) is 3.08. The molecular weight excluding hydrogens is 322 g/mol. The summed E-state index contributed by atoms with van der Waals surface area (Å²) in [4.78, 5) is 0. The van der Waals surface area contributed by atoms with E-state index in [0.717, 1.165) is 57.4 Å². The highest BCUT2D eigenvalue weighted by Gasteiger charge is 2.19. The van der Waals surface area contributed by atoms with E-state index in [1.54, 1.807) is 0 Å². The number of likely N-dealkylation sites (N-methyl/N-ethyl adjacent to an activating group) is 1. The predicted molar refractivity (Wildman–Crippen MR) is 90.7 cm³/mol. The Kier molecular flexibility index (Phi) is 15.7. The summed E-state index contributed by atoms with van der Waals surface area (Å²) < 4.78 is 31.9. The van der Waals surface area contributed by atoms with Crippen molar-refractivity contribution in [1.82, 2.24) is 10.6 Å². The summed E-state index contributed by atoms with van der Waals surface area (Å²) in [5.74, 6) is 0. The van der Waals surface area contributed by atoms with Crippen LogP contribution in [0.3, 0.4) is 0 Å². The van der Waals surface area contributed by atoms with Crippen LogP contribution in [0.4, 0.5) is 0 Å². The summed E-state index contributed by atoms with van der Waals surface area (Å²) in [6, 6.07) is 0. The van der Waals surface area contributed by atoms with Crippen molar-refractivity contribution in [2.75, 3.05) is 66.6 Å². The second-order valence-electron chi connectivity index (χ2n) is 5.07. The van der Waals surface area contributed by atoms with Crippen molar-refractivity contribution in [3.05, 3.63) is 25.3 Å². The van der Waals surface area contributed by atoms with Gasteiger partial charge < -0.3 is 24.8 Å². The molecule has 0 aliphatic heterocycles. The van der Waals surface area contributed by atoms with Crippen LogP contribution in [0.1, 0.15) is 0 Å². The molecule has 0 spiro atoms. The molecule has 9 heteroatoms. The molecule has 0 radical (unpaired) electrons. The Bertz CT molecular complexity index is 385. The number of nitrogens with one attached hydrogen (secondary N) is 2. The molecular formula is C14H31N3O5S. The molecule has 0 aliphatic rings. The molecule has 0 heterocycles. The second kappa shape index (κ2) is 14.8. The van der Waals surface area contributed by atoms with Gasteiger partial charge in [-0.05, 0) is 0 Å². The van der Waals surface area contributed by atoms with Gasteiger partial charge in [0.25, 0.3) is 0 Å². The standard InChI is InChI=1S/C13H28N3O.CH4O4S/c1-4-6-14-8-10-16(3,12-13-17)11-9-15-7-5-2;1-5-6(2,3)4/h4-5,14-15,17H,1-2,6-13H2,3H3;1H3,(H,2,3,4)/q+1;/p-1. The summed E-state index contributed by atoms with van der Waals surface area (Å²) in [6.07, 6.45) is 3.73. The van der Waals surface area contributed by atoms with E-state index in [1.807, 2.05) is 12.2 Å². The number of aliphatic hydroxyl groups excluding tert-OH is 1. The van der Waals surface area contributed by atoms with Crippen LogP contribution in [0.2, 0.25) is 0 Å². The number of nitrogens with zero attached hydrogens (tertiary/aromatic N) is 1. The Morgan fingerprint density at radius 1 is 1.13 bits per heavy atom. The van der Waals surface area contributed by atoms with Crippen molar-refractivity contribution in [2.24, 2.45) is 0 Å². The fourth-order valence-electron chi connectivity index (χ4n) is 1.68. The molecule has 23 heavy (non-hydrogen) atoms. The quantitative estimate of drug-likeness (QED) is 0.129. The van der Waals surface area contributed by atoms with Gasteiger partial charge in [0.2, 0.25) is 10.4 Å². The molecule has 8 nitrogen and oxygen atoms in total. The molecule has 0 saturated heterocycles. The van der Waals surface area contributed by atoms with Crippen LogP contribution < -0.4 is 10.6 Å². The Morgan fingerprint density at radius 2 is 1.52 bits per heavy atom. The average molecular weight is 353 g/mol. The van der Waals surface area contributed by atoms with Gasteiger partial charge in [0.1, 0.15) is 6.54 Å². The molecule has 0 aromatic rings. The summed E-state index contributed by atoms with van der Waals surface area (Å²) >= 11 is 0. The number of hydrogen-bond acceptors (Lipinski definition) is 7. The molecule has 0 atom stereocenters. The van der Waals surface area contributed by atoms with E-state index in [4.69, 9.17) is 5.11 Å². The monoisotopic (exact) mass is 353 g/mol. The van der Waals surface area contributed by atoms with E-state index in [0.29, 0.717) is 0 Å². The highest BCUT2D eigenvalue weighted by Crippen LogP contribution is 1.99. The van der Waals surface area contributed by atoms with Crippen molar-refractivity contribution in [2.45, 2.75) is 0 Å². The van der Waals surface area contributed by atoms with Gasteiger partial charge in [-0.3, -0.25) is 4.18 Å². The number of aliphatic hydroxyl groups is 1. The molecule has 0 bridgehead atoms. The van der Waals surface area contributed by atoms with E-state index in [9.17, 15) is 13.0 Å². The van der Waals surface area contributed by atoms with Gasteiger partial charge in [-0.15, -0.1) is 13.2 Å². The van der Waals surface area contributed by atoms with Crippen LogP contribution in [-0.4, -0.2) is 89.1 Å². The van der Waals surface area contributed by atoms with Crippen LogP contribution in [0.25, 0.3) is 0 Å². The minimum Gasteiger partial charge on any atom is -0.726 e. The highest BCUT2D eigenvalue weighted by molar-refractivity contribution is 7.80. The first-order valence-corrected chi connectivity index (χ1v) is 8.67. The summed E-state index contributed by atoms with van der Waals surface area (Å²) in [6.45, 7) is 14.0. The minimum atomic E-state index is -4.41. The third-order valence-corrected chi connectivity index (χ3v) is 3.49. The summed E-state index contributed by atoms with van der Waals surface area (Å²) in [5, 5.41) is 15.7. The maximum atomic E-state index is 9.22. The molecule has 0 aromatic heterocycles. The van der Waals surface area contributed by atoms with Crippen LogP contribution in [0.5, 0.6) is 0 Å². The number of quaternary nitrogens is 1. The van der Waals surface area contributed by atoms with Gasteiger partial charge in [0.15, 0.2) is 0 Å². The van der Waals surface area contributed by atoms with E-state index in [1.165, 1.54) is 0 Å². The lowest BCUT2D eigenvalue weighted by atomic mass is 10.3. The molecule has 0 amide bonds. The first-order valence-electron chi connectivity index (χ1n) is 7.33. The summed E-state index contributed by atoms with van der Waals surface area (Å²) in [7, 11) is -1.42. The van der Waals surface area contributed by atoms with Crippen molar-refractivity contribution in [3.8, 4) is 0 Å².